The Morgan fingerprint density at radius 1 is 1.19 bits per heavy atom. The molecule has 2 aromatic rings. The van der Waals surface area contributed by atoms with Crippen molar-refractivity contribution in [3.8, 4) is 0 Å². The summed E-state index contributed by atoms with van der Waals surface area (Å²) in [7, 11) is 0. The predicted molar refractivity (Wildman–Crippen MR) is 94.5 cm³/mol. The number of halogens is 1. The maximum Gasteiger partial charge on any atom is 0.251 e. The molecule has 0 spiro atoms. The van der Waals surface area contributed by atoms with Crippen molar-refractivity contribution in [3.05, 3.63) is 46.4 Å². The zero-order chi connectivity index (χ0) is 15.6. The molecule has 1 amide bonds. The number of benzene rings is 2. The predicted octanol–water partition coefficient (Wildman–Crippen LogP) is 3.64. The highest BCUT2D eigenvalue weighted by Gasteiger charge is 2.19. The summed E-state index contributed by atoms with van der Waals surface area (Å²) in [6, 6.07) is 11.3. The fourth-order valence-corrected chi connectivity index (χ4v) is 2.86. The van der Waals surface area contributed by atoms with Crippen LogP contribution in [0.1, 0.15) is 24.2 Å². The Labute approximate surface area is 138 Å². The van der Waals surface area contributed by atoms with E-state index in [2.05, 4.69) is 21.2 Å². The second-order valence-electron chi connectivity index (χ2n) is 5.30. The highest BCUT2D eigenvalue weighted by molar-refractivity contribution is 9.10. The Morgan fingerprint density at radius 3 is 2.43 bits per heavy atom. The minimum absolute atomic E-state index is 0.155. The van der Waals surface area contributed by atoms with Gasteiger partial charge < -0.3 is 11.1 Å². The van der Waals surface area contributed by atoms with Crippen LogP contribution in [0, 0.1) is 5.92 Å². The first kappa shape index (κ1) is 15.9. The summed E-state index contributed by atoms with van der Waals surface area (Å²) in [5, 5.41) is 4.99. The lowest BCUT2D eigenvalue weighted by molar-refractivity contribution is 0.0940. The summed E-state index contributed by atoms with van der Waals surface area (Å²) in [6.45, 7) is 3.95. The van der Waals surface area contributed by atoms with Gasteiger partial charge >= 0.3 is 0 Å². The van der Waals surface area contributed by atoms with Crippen LogP contribution < -0.4 is 11.1 Å². The molecule has 2 aromatic carbocycles. The molecule has 0 aliphatic carbocycles. The summed E-state index contributed by atoms with van der Waals surface area (Å²) in [5.74, 6) is -0.00539. The molecule has 0 saturated carbocycles. The highest BCUT2D eigenvalue weighted by Crippen LogP contribution is 2.21. The maximum absolute atomic E-state index is 12.3. The lowest BCUT2D eigenvalue weighted by atomic mass is 10.0. The van der Waals surface area contributed by atoms with Gasteiger partial charge in [0, 0.05) is 10.0 Å². The van der Waals surface area contributed by atoms with Gasteiger partial charge in [0.25, 0.3) is 5.91 Å². The minimum Gasteiger partial charge on any atom is -0.392 e. The van der Waals surface area contributed by atoms with E-state index < -0.39 is 0 Å². The van der Waals surface area contributed by atoms with Crippen molar-refractivity contribution >= 4 is 49.8 Å². The zero-order valence-corrected chi connectivity index (χ0v) is 14.3. The molecule has 0 aliphatic heterocycles. The van der Waals surface area contributed by atoms with Crippen molar-refractivity contribution < 1.29 is 4.79 Å². The summed E-state index contributed by atoms with van der Waals surface area (Å²) >= 11 is 8.45. The van der Waals surface area contributed by atoms with E-state index in [1.54, 1.807) is 6.07 Å². The first-order valence-corrected chi connectivity index (χ1v) is 7.88. The van der Waals surface area contributed by atoms with Crippen LogP contribution in [-0.4, -0.2) is 16.9 Å². The molecule has 1 unspecified atom stereocenters. The van der Waals surface area contributed by atoms with Gasteiger partial charge in [-0.1, -0.05) is 54.1 Å². The lowest BCUT2D eigenvalue weighted by Crippen LogP contribution is -2.46. The van der Waals surface area contributed by atoms with Crippen molar-refractivity contribution in [2.24, 2.45) is 11.7 Å². The summed E-state index contributed by atoms with van der Waals surface area (Å²) in [6.07, 6.45) is 0. The number of thiocarbonyl (C=S) groups is 1. The molecule has 110 valence electrons. The van der Waals surface area contributed by atoms with Crippen molar-refractivity contribution in [2.75, 3.05) is 0 Å². The maximum atomic E-state index is 12.3. The number of carbonyl (C=O) groups is 1. The summed E-state index contributed by atoms with van der Waals surface area (Å²) in [5.41, 5.74) is 6.29. The molecule has 0 aliphatic rings. The van der Waals surface area contributed by atoms with Gasteiger partial charge in [0.1, 0.15) is 0 Å². The fraction of sp³-hybridized carbons (Fsp3) is 0.250. The number of hydrogen-bond donors (Lipinski definition) is 2. The molecule has 21 heavy (non-hydrogen) atoms. The molecule has 0 fully saturated rings. The van der Waals surface area contributed by atoms with Crippen LogP contribution in [0.3, 0.4) is 0 Å². The van der Waals surface area contributed by atoms with Crippen LogP contribution >= 0.6 is 28.1 Å². The van der Waals surface area contributed by atoms with E-state index in [0.29, 0.717) is 10.6 Å². The molecular weight excluding hydrogens is 348 g/mol. The van der Waals surface area contributed by atoms with Gasteiger partial charge in [-0.15, -0.1) is 0 Å². The second kappa shape index (κ2) is 6.54. The van der Waals surface area contributed by atoms with Gasteiger partial charge in [-0.3, -0.25) is 4.79 Å². The third-order valence-electron chi connectivity index (χ3n) is 3.32. The highest BCUT2D eigenvalue weighted by atomic mass is 79.9. The average molecular weight is 365 g/mol. The van der Waals surface area contributed by atoms with Gasteiger partial charge in [0.05, 0.1) is 11.0 Å². The molecule has 0 heterocycles. The lowest BCUT2D eigenvalue weighted by Gasteiger charge is -2.21. The Balaban J connectivity index is 2.27. The van der Waals surface area contributed by atoms with Crippen molar-refractivity contribution in [3.63, 3.8) is 0 Å². The Kier molecular flexibility index (Phi) is 4.96. The van der Waals surface area contributed by atoms with Crippen molar-refractivity contribution in [1.29, 1.82) is 0 Å². The molecule has 0 aromatic heterocycles. The standard InChI is InChI=1S/C16H17BrN2OS/c1-9(2)14(15(18)21)19-16(20)12-4-3-11-8-13(17)6-5-10(11)7-12/h3-9,14H,1-2H3,(H2,18,21)(H,19,20). The summed E-state index contributed by atoms with van der Waals surface area (Å²) in [4.78, 5) is 12.6. The number of nitrogens with two attached hydrogens (primary N) is 1. The van der Waals surface area contributed by atoms with Crippen LogP contribution in [0.2, 0.25) is 0 Å². The smallest absolute Gasteiger partial charge is 0.251 e. The molecule has 1 atom stereocenters. The molecule has 0 saturated heterocycles. The monoisotopic (exact) mass is 364 g/mol. The molecule has 2 rings (SSSR count). The topological polar surface area (TPSA) is 55.1 Å². The molecule has 0 radical (unpaired) electrons. The molecule has 3 N–H and O–H groups in total. The Bertz CT molecular complexity index is 700. The first-order chi connectivity index (χ1) is 9.88. The van der Waals surface area contributed by atoms with E-state index in [1.165, 1.54) is 0 Å². The van der Waals surface area contributed by atoms with Crippen LogP contribution in [-0.2, 0) is 0 Å². The van der Waals surface area contributed by atoms with E-state index >= 15 is 0 Å². The Morgan fingerprint density at radius 2 is 1.81 bits per heavy atom. The molecule has 5 heteroatoms. The molecule has 0 bridgehead atoms. The largest absolute Gasteiger partial charge is 0.392 e. The SMILES string of the molecule is CC(C)C(NC(=O)c1ccc2cc(Br)ccc2c1)C(N)=S. The van der Waals surface area contributed by atoms with Gasteiger partial charge in [0.15, 0.2) is 0 Å². The number of carbonyl (C=O) groups excluding carboxylic acids is 1. The van der Waals surface area contributed by atoms with Gasteiger partial charge in [-0.2, -0.15) is 0 Å². The van der Waals surface area contributed by atoms with Gasteiger partial charge in [-0.05, 0) is 41.0 Å². The normalized spacial score (nSPS) is 12.4. The average Bonchev–Trinajstić information content (AvgIpc) is 2.43. The van der Waals surface area contributed by atoms with Crippen LogP contribution in [0.25, 0.3) is 10.8 Å². The zero-order valence-electron chi connectivity index (χ0n) is 11.9. The third-order valence-corrected chi connectivity index (χ3v) is 4.07. The van der Waals surface area contributed by atoms with E-state index in [0.717, 1.165) is 15.2 Å². The second-order valence-corrected chi connectivity index (χ2v) is 6.69. The van der Waals surface area contributed by atoms with Gasteiger partial charge in [-0.25, -0.2) is 0 Å². The number of nitrogens with one attached hydrogen (secondary N) is 1. The number of fused-ring (bicyclic) bond motifs is 1. The quantitative estimate of drug-likeness (QED) is 0.814. The van der Waals surface area contributed by atoms with E-state index in [4.69, 9.17) is 18.0 Å². The van der Waals surface area contributed by atoms with Crippen LogP contribution in [0.4, 0.5) is 0 Å². The van der Waals surface area contributed by atoms with E-state index in [1.807, 2.05) is 44.2 Å². The third kappa shape index (κ3) is 3.80. The van der Waals surface area contributed by atoms with Crippen LogP contribution in [0.15, 0.2) is 40.9 Å². The van der Waals surface area contributed by atoms with Gasteiger partial charge in [0.2, 0.25) is 0 Å². The van der Waals surface area contributed by atoms with E-state index in [-0.39, 0.29) is 17.9 Å². The van der Waals surface area contributed by atoms with Crippen LogP contribution in [0.5, 0.6) is 0 Å². The fourth-order valence-electron chi connectivity index (χ4n) is 2.15. The number of rotatable bonds is 4. The van der Waals surface area contributed by atoms with E-state index in [9.17, 15) is 4.79 Å². The molecular formula is C16H17BrN2OS. The number of hydrogen-bond acceptors (Lipinski definition) is 2. The first-order valence-electron chi connectivity index (χ1n) is 6.68. The number of amides is 1. The summed E-state index contributed by atoms with van der Waals surface area (Å²) < 4.78 is 1.01. The minimum atomic E-state index is -0.298. The Hall–Kier alpha value is -1.46. The van der Waals surface area contributed by atoms with Crippen molar-refractivity contribution in [2.45, 2.75) is 19.9 Å². The van der Waals surface area contributed by atoms with Crippen molar-refractivity contribution in [1.82, 2.24) is 5.32 Å². The molecule has 3 nitrogen and oxygen atoms in total.